The summed E-state index contributed by atoms with van der Waals surface area (Å²) in [6, 6.07) is 0. The monoisotopic (exact) mass is 337 g/mol. The fraction of sp³-hybridized carbons (Fsp3) is 0.950. The van der Waals surface area contributed by atoms with Gasteiger partial charge in [0.1, 0.15) is 0 Å². The van der Waals surface area contributed by atoms with Crippen LogP contribution in [0, 0.1) is 17.3 Å². The number of hydrogen-bond donors (Lipinski definition) is 1. The van der Waals surface area contributed by atoms with Crippen molar-refractivity contribution in [1.29, 1.82) is 0 Å². The molecule has 4 heteroatoms. The molecule has 0 spiro atoms. The van der Waals surface area contributed by atoms with Gasteiger partial charge in [0.15, 0.2) is 0 Å². The average molecular weight is 338 g/mol. The van der Waals surface area contributed by atoms with Crippen LogP contribution >= 0.6 is 0 Å². The fourth-order valence-corrected chi connectivity index (χ4v) is 3.92. The van der Waals surface area contributed by atoms with Gasteiger partial charge in [-0.25, -0.2) is 0 Å². The van der Waals surface area contributed by atoms with Crippen molar-refractivity contribution in [2.45, 2.75) is 66.3 Å². The molecule has 0 bridgehead atoms. The summed E-state index contributed by atoms with van der Waals surface area (Å²) >= 11 is 0. The Morgan fingerprint density at radius 2 is 1.62 bits per heavy atom. The van der Waals surface area contributed by atoms with E-state index in [1.165, 1.54) is 0 Å². The summed E-state index contributed by atoms with van der Waals surface area (Å²) in [5.74, 6) is 1.30. The molecule has 2 fully saturated rings. The van der Waals surface area contributed by atoms with Gasteiger partial charge in [0.25, 0.3) is 0 Å². The Kier molecular flexibility index (Phi) is 6.35. The highest BCUT2D eigenvalue weighted by Crippen LogP contribution is 2.26. The van der Waals surface area contributed by atoms with Crippen LogP contribution < -0.4 is 5.32 Å². The maximum Gasteiger partial charge on any atom is 0.225 e. The topological polar surface area (TPSA) is 35.6 Å². The summed E-state index contributed by atoms with van der Waals surface area (Å²) in [5, 5.41) is 3.59. The molecule has 0 aliphatic carbocycles. The van der Waals surface area contributed by atoms with Gasteiger partial charge < -0.3 is 15.1 Å². The van der Waals surface area contributed by atoms with Crippen molar-refractivity contribution in [2.24, 2.45) is 17.3 Å². The molecule has 0 aromatic carbocycles. The second kappa shape index (κ2) is 7.74. The van der Waals surface area contributed by atoms with Crippen LogP contribution in [0.3, 0.4) is 0 Å². The molecule has 2 saturated heterocycles. The summed E-state index contributed by atoms with van der Waals surface area (Å²) in [4.78, 5) is 17.5. The van der Waals surface area contributed by atoms with E-state index in [-0.39, 0.29) is 11.5 Å². The molecule has 0 aromatic rings. The summed E-state index contributed by atoms with van der Waals surface area (Å²) < 4.78 is 0. The minimum atomic E-state index is 0.164. The van der Waals surface area contributed by atoms with Crippen LogP contribution in [0.15, 0.2) is 0 Å². The van der Waals surface area contributed by atoms with Gasteiger partial charge in [-0.2, -0.15) is 0 Å². The second-order valence-electron chi connectivity index (χ2n) is 10.2. The Labute approximate surface area is 149 Å². The van der Waals surface area contributed by atoms with E-state index < -0.39 is 0 Å². The molecule has 1 unspecified atom stereocenters. The fourth-order valence-electron chi connectivity index (χ4n) is 3.92. The number of piperidine rings is 1. The van der Waals surface area contributed by atoms with E-state index >= 15 is 0 Å². The van der Waals surface area contributed by atoms with Crippen LogP contribution in [0.4, 0.5) is 0 Å². The first-order chi connectivity index (χ1) is 11.0. The van der Waals surface area contributed by atoms with Crippen LogP contribution in [0.5, 0.6) is 0 Å². The van der Waals surface area contributed by atoms with E-state index in [1.807, 2.05) is 0 Å². The number of rotatable bonds is 4. The summed E-state index contributed by atoms with van der Waals surface area (Å²) in [6.07, 6.45) is 3.23. The molecule has 1 N–H and O–H groups in total. The molecule has 24 heavy (non-hydrogen) atoms. The molecular formula is C20H39N3O. The minimum Gasteiger partial charge on any atom is -0.342 e. The summed E-state index contributed by atoms with van der Waals surface area (Å²) in [6.45, 7) is 19.7. The van der Waals surface area contributed by atoms with E-state index in [1.54, 1.807) is 0 Å². The van der Waals surface area contributed by atoms with Crippen LogP contribution in [0.2, 0.25) is 0 Å². The smallest absolute Gasteiger partial charge is 0.225 e. The Morgan fingerprint density at radius 1 is 1.00 bits per heavy atom. The molecule has 1 atom stereocenters. The van der Waals surface area contributed by atoms with Gasteiger partial charge >= 0.3 is 0 Å². The van der Waals surface area contributed by atoms with Crippen LogP contribution in [-0.2, 0) is 4.79 Å². The number of hydrogen-bond acceptors (Lipinski definition) is 3. The van der Waals surface area contributed by atoms with Gasteiger partial charge in [-0.15, -0.1) is 0 Å². The highest BCUT2D eigenvalue weighted by atomic mass is 16.2. The lowest BCUT2D eigenvalue weighted by Crippen LogP contribution is -2.44. The third-order valence-electron chi connectivity index (χ3n) is 5.15. The zero-order chi connectivity index (χ0) is 18.0. The molecule has 2 rings (SSSR count). The normalized spacial score (nSPS) is 24.6. The number of carbonyl (C=O) groups excluding carboxylic acids is 1. The van der Waals surface area contributed by atoms with E-state index in [2.05, 4.69) is 56.7 Å². The maximum atomic E-state index is 12.8. The number of nitrogens with zero attached hydrogens (tertiary/aromatic N) is 2. The van der Waals surface area contributed by atoms with Crippen LogP contribution in [0.25, 0.3) is 0 Å². The molecule has 2 heterocycles. The number of carbonyl (C=O) groups is 1. The lowest BCUT2D eigenvalue weighted by molar-refractivity contribution is -0.136. The average Bonchev–Trinajstić information content (AvgIpc) is 2.92. The molecular weight excluding hydrogens is 298 g/mol. The first kappa shape index (κ1) is 19.7. The van der Waals surface area contributed by atoms with Gasteiger partial charge in [0, 0.05) is 37.6 Å². The number of nitrogens with one attached hydrogen (secondary N) is 1. The first-order valence-corrected chi connectivity index (χ1v) is 9.80. The zero-order valence-corrected chi connectivity index (χ0v) is 16.8. The van der Waals surface area contributed by atoms with Gasteiger partial charge in [0.2, 0.25) is 5.91 Å². The maximum absolute atomic E-state index is 12.8. The van der Waals surface area contributed by atoms with Gasteiger partial charge in [-0.1, -0.05) is 20.8 Å². The van der Waals surface area contributed by atoms with E-state index in [4.69, 9.17) is 0 Å². The third-order valence-corrected chi connectivity index (χ3v) is 5.15. The van der Waals surface area contributed by atoms with E-state index in [0.717, 1.165) is 58.5 Å². The van der Waals surface area contributed by atoms with E-state index in [0.29, 0.717) is 17.2 Å². The molecule has 0 aromatic heterocycles. The highest BCUT2D eigenvalue weighted by Gasteiger charge is 2.33. The van der Waals surface area contributed by atoms with Crippen molar-refractivity contribution in [3.63, 3.8) is 0 Å². The summed E-state index contributed by atoms with van der Waals surface area (Å²) in [7, 11) is 0. The standard InChI is InChI=1S/C20H39N3O/c1-19(2,3)15-22-10-8-17(9-11-22)18(24)23-12-7-16(14-23)13-21-20(4,5)6/h16-17,21H,7-15H2,1-6H3. The molecule has 0 radical (unpaired) electrons. The van der Waals surface area contributed by atoms with Crippen molar-refractivity contribution in [2.75, 3.05) is 39.3 Å². The Balaban J connectivity index is 1.74. The van der Waals surface area contributed by atoms with Crippen molar-refractivity contribution in [3.8, 4) is 0 Å². The zero-order valence-electron chi connectivity index (χ0n) is 16.8. The lowest BCUT2D eigenvalue weighted by atomic mass is 9.91. The van der Waals surface area contributed by atoms with Crippen molar-refractivity contribution < 1.29 is 4.79 Å². The molecule has 0 saturated carbocycles. The Morgan fingerprint density at radius 3 is 2.17 bits per heavy atom. The molecule has 140 valence electrons. The highest BCUT2D eigenvalue weighted by molar-refractivity contribution is 5.79. The van der Waals surface area contributed by atoms with Gasteiger partial charge in [0.05, 0.1) is 0 Å². The molecule has 4 nitrogen and oxygen atoms in total. The first-order valence-electron chi connectivity index (χ1n) is 9.80. The molecule has 2 aliphatic heterocycles. The second-order valence-corrected chi connectivity index (χ2v) is 10.2. The molecule has 2 aliphatic rings. The van der Waals surface area contributed by atoms with Crippen molar-refractivity contribution >= 4 is 5.91 Å². The summed E-state index contributed by atoms with van der Waals surface area (Å²) in [5.41, 5.74) is 0.510. The predicted octanol–water partition coefficient (Wildman–Crippen LogP) is 2.98. The van der Waals surface area contributed by atoms with Crippen molar-refractivity contribution in [3.05, 3.63) is 0 Å². The lowest BCUT2D eigenvalue weighted by Gasteiger charge is -2.36. The Hall–Kier alpha value is -0.610. The van der Waals surface area contributed by atoms with Gasteiger partial charge in [-0.05, 0) is 64.5 Å². The Bertz CT molecular complexity index is 410. The number of likely N-dealkylation sites (tertiary alicyclic amines) is 2. The molecule has 1 amide bonds. The third kappa shape index (κ3) is 6.36. The number of amides is 1. The SMILES string of the molecule is CC(C)(C)CN1CCC(C(=O)N2CCC(CNC(C)(C)C)C2)CC1. The van der Waals surface area contributed by atoms with Gasteiger partial charge in [-0.3, -0.25) is 4.79 Å². The largest absolute Gasteiger partial charge is 0.342 e. The van der Waals surface area contributed by atoms with Crippen LogP contribution in [-0.4, -0.2) is 60.5 Å². The van der Waals surface area contributed by atoms with Crippen LogP contribution in [0.1, 0.15) is 60.8 Å². The van der Waals surface area contributed by atoms with E-state index in [9.17, 15) is 4.79 Å². The quantitative estimate of drug-likeness (QED) is 0.857. The minimum absolute atomic E-state index is 0.164. The predicted molar refractivity (Wildman–Crippen MR) is 101 cm³/mol. The van der Waals surface area contributed by atoms with Crippen molar-refractivity contribution in [1.82, 2.24) is 15.1 Å².